The van der Waals surface area contributed by atoms with Crippen molar-refractivity contribution in [2.75, 3.05) is 11.6 Å². The minimum atomic E-state index is -3.30. The van der Waals surface area contributed by atoms with E-state index >= 15 is 0 Å². The number of hydrogen-bond acceptors (Lipinski definition) is 6. The Hall–Kier alpha value is -3.20. The van der Waals surface area contributed by atoms with Crippen molar-refractivity contribution >= 4 is 27.3 Å². The second-order valence-corrected chi connectivity index (χ2v) is 8.00. The molecule has 2 N–H and O–H groups in total. The lowest BCUT2D eigenvalue weighted by Gasteiger charge is -2.09. The van der Waals surface area contributed by atoms with E-state index in [0.29, 0.717) is 28.7 Å². The van der Waals surface area contributed by atoms with E-state index in [1.807, 2.05) is 25.1 Å². The lowest BCUT2D eigenvalue weighted by Crippen LogP contribution is -2.03. The van der Waals surface area contributed by atoms with E-state index in [4.69, 9.17) is 0 Å². The fourth-order valence-corrected chi connectivity index (χ4v) is 3.31. The van der Waals surface area contributed by atoms with E-state index in [0.717, 1.165) is 5.69 Å². The molecule has 3 heterocycles. The first-order valence-electron chi connectivity index (χ1n) is 7.84. The molecule has 4 aromatic rings. The topological polar surface area (TPSA) is 105 Å². The first-order valence-corrected chi connectivity index (χ1v) is 9.73. The number of imidazole rings is 1. The molecule has 132 valence electrons. The summed E-state index contributed by atoms with van der Waals surface area (Å²) in [7, 11) is -3.30. The molecule has 8 nitrogen and oxygen atoms in total. The molecule has 0 amide bonds. The highest BCUT2D eigenvalue weighted by Crippen LogP contribution is 2.25. The number of H-pyrrole nitrogens is 1. The van der Waals surface area contributed by atoms with Gasteiger partial charge in [-0.3, -0.25) is 9.50 Å². The Bertz CT molecular complexity index is 1210. The maximum Gasteiger partial charge on any atom is 0.214 e. The average Bonchev–Trinajstić information content (AvgIpc) is 3.23. The summed E-state index contributed by atoms with van der Waals surface area (Å²) in [6, 6.07) is 10.4. The summed E-state index contributed by atoms with van der Waals surface area (Å²) in [6.45, 7) is 1.91. The highest BCUT2D eigenvalue weighted by Gasteiger charge is 2.12. The third kappa shape index (κ3) is 3.04. The molecule has 0 radical (unpaired) electrons. The van der Waals surface area contributed by atoms with Crippen LogP contribution in [0.3, 0.4) is 0 Å². The number of nitrogens with one attached hydrogen (secondary N) is 2. The van der Waals surface area contributed by atoms with Crippen LogP contribution in [0.25, 0.3) is 16.9 Å². The lowest BCUT2D eigenvalue weighted by atomic mass is 10.1. The molecule has 4 rings (SSSR count). The first kappa shape index (κ1) is 16.3. The average molecular weight is 368 g/mol. The molecule has 26 heavy (non-hydrogen) atoms. The smallest absolute Gasteiger partial charge is 0.214 e. The number of fused-ring (bicyclic) bond motifs is 1. The molecular weight excluding hydrogens is 352 g/mol. The van der Waals surface area contributed by atoms with Crippen LogP contribution in [0.5, 0.6) is 0 Å². The summed E-state index contributed by atoms with van der Waals surface area (Å²) in [5, 5.41) is 10.2. The maximum atomic E-state index is 11.8. The van der Waals surface area contributed by atoms with E-state index in [1.165, 1.54) is 6.26 Å². The molecule has 1 aromatic carbocycles. The van der Waals surface area contributed by atoms with Gasteiger partial charge in [0, 0.05) is 42.0 Å². The minimum absolute atomic E-state index is 0.248. The molecule has 0 spiro atoms. The zero-order valence-electron chi connectivity index (χ0n) is 14.1. The number of sulfone groups is 1. The molecule has 3 aromatic heterocycles. The van der Waals surface area contributed by atoms with Gasteiger partial charge < -0.3 is 5.32 Å². The number of aryl methyl sites for hydroxylation is 1. The van der Waals surface area contributed by atoms with E-state index < -0.39 is 9.84 Å². The van der Waals surface area contributed by atoms with Crippen LogP contribution in [-0.2, 0) is 9.84 Å². The standard InChI is InChI=1S/C17H16N6O2S/c1-11-8-15(22-21-11)20-17-19-14(10-16-18-6-7-23(16)17)12-4-3-5-13(9-12)26(2,24)25/h3-10H,1-2H3,(H2,19,20,21,22). The predicted molar refractivity (Wildman–Crippen MR) is 98.1 cm³/mol. The van der Waals surface area contributed by atoms with Crippen LogP contribution in [0.15, 0.2) is 53.7 Å². The molecule has 0 fully saturated rings. The van der Waals surface area contributed by atoms with E-state index in [-0.39, 0.29) is 4.90 Å². The van der Waals surface area contributed by atoms with Gasteiger partial charge in [0.2, 0.25) is 5.95 Å². The molecule has 0 aliphatic heterocycles. The highest BCUT2D eigenvalue weighted by atomic mass is 32.2. The van der Waals surface area contributed by atoms with Gasteiger partial charge in [-0.15, -0.1) is 0 Å². The summed E-state index contributed by atoms with van der Waals surface area (Å²) in [5.74, 6) is 1.17. The van der Waals surface area contributed by atoms with E-state index in [2.05, 4.69) is 25.5 Å². The molecular formula is C17H16N6O2S. The Morgan fingerprint density at radius 2 is 2.04 bits per heavy atom. The second-order valence-electron chi connectivity index (χ2n) is 5.98. The van der Waals surface area contributed by atoms with Crippen LogP contribution in [0.4, 0.5) is 11.8 Å². The minimum Gasteiger partial charge on any atom is -0.308 e. The molecule has 0 atom stereocenters. The number of anilines is 2. The van der Waals surface area contributed by atoms with Crippen LogP contribution >= 0.6 is 0 Å². The van der Waals surface area contributed by atoms with Gasteiger partial charge in [-0.25, -0.2) is 18.4 Å². The van der Waals surface area contributed by atoms with Crippen LogP contribution < -0.4 is 5.32 Å². The van der Waals surface area contributed by atoms with Crippen LogP contribution in [0.2, 0.25) is 0 Å². The molecule has 0 aliphatic rings. The number of aromatic amines is 1. The van der Waals surface area contributed by atoms with Gasteiger partial charge >= 0.3 is 0 Å². The molecule has 0 bridgehead atoms. The van der Waals surface area contributed by atoms with Crippen molar-refractivity contribution in [1.82, 2.24) is 24.6 Å². The number of nitrogens with zero attached hydrogens (tertiary/aromatic N) is 4. The fraction of sp³-hybridized carbons (Fsp3) is 0.118. The van der Waals surface area contributed by atoms with Gasteiger partial charge in [-0.2, -0.15) is 5.10 Å². The van der Waals surface area contributed by atoms with E-state index in [1.54, 1.807) is 35.0 Å². The molecule has 0 saturated heterocycles. The summed E-state index contributed by atoms with van der Waals surface area (Å²) in [5.41, 5.74) is 2.92. The van der Waals surface area contributed by atoms with Crippen molar-refractivity contribution in [1.29, 1.82) is 0 Å². The first-order chi connectivity index (χ1) is 12.4. The SMILES string of the molecule is Cc1cc(Nc2nc(-c3cccc(S(C)(=O)=O)c3)cc3nccn23)n[nH]1. The van der Waals surface area contributed by atoms with Crippen LogP contribution in [0, 0.1) is 6.92 Å². The summed E-state index contributed by atoms with van der Waals surface area (Å²) in [4.78, 5) is 9.20. The largest absolute Gasteiger partial charge is 0.308 e. The Balaban J connectivity index is 1.84. The van der Waals surface area contributed by atoms with Gasteiger partial charge in [0.15, 0.2) is 15.7 Å². The normalized spacial score (nSPS) is 11.8. The third-order valence-electron chi connectivity index (χ3n) is 3.89. The van der Waals surface area contributed by atoms with Gasteiger partial charge in [0.1, 0.15) is 5.65 Å². The van der Waals surface area contributed by atoms with Gasteiger partial charge in [0.25, 0.3) is 0 Å². The van der Waals surface area contributed by atoms with Crippen molar-refractivity contribution in [3.63, 3.8) is 0 Å². The second kappa shape index (κ2) is 5.95. The Labute approximate surface area is 149 Å². The summed E-state index contributed by atoms with van der Waals surface area (Å²) in [6.07, 6.45) is 4.65. The zero-order valence-corrected chi connectivity index (χ0v) is 14.9. The number of hydrogen-bond donors (Lipinski definition) is 2. The Kier molecular flexibility index (Phi) is 3.73. The van der Waals surface area contributed by atoms with E-state index in [9.17, 15) is 8.42 Å². The molecule has 0 unspecified atom stereocenters. The Morgan fingerprint density at radius 1 is 1.19 bits per heavy atom. The van der Waals surface area contributed by atoms with Gasteiger partial charge in [-0.1, -0.05) is 12.1 Å². The van der Waals surface area contributed by atoms with Gasteiger partial charge in [-0.05, 0) is 19.1 Å². The molecule has 0 saturated carbocycles. The van der Waals surface area contributed by atoms with Crippen molar-refractivity contribution < 1.29 is 8.42 Å². The number of rotatable bonds is 4. The highest BCUT2D eigenvalue weighted by molar-refractivity contribution is 7.90. The monoisotopic (exact) mass is 368 g/mol. The van der Waals surface area contributed by atoms with Crippen molar-refractivity contribution in [3.8, 4) is 11.3 Å². The number of aromatic nitrogens is 5. The quantitative estimate of drug-likeness (QED) is 0.574. The van der Waals surface area contributed by atoms with Crippen molar-refractivity contribution in [3.05, 3.63) is 54.5 Å². The van der Waals surface area contributed by atoms with Crippen LogP contribution in [0.1, 0.15) is 5.69 Å². The molecule has 9 heteroatoms. The van der Waals surface area contributed by atoms with Crippen LogP contribution in [-0.4, -0.2) is 39.2 Å². The number of benzene rings is 1. The van der Waals surface area contributed by atoms with Crippen molar-refractivity contribution in [2.45, 2.75) is 11.8 Å². The maximum absolute atomic E-state index is 11.8. The third-order valence-corrected chi connectivity index (χ3v) is 5.00. The fourth-order valence-electron chi connectivity index (χ4n) is 2.64. The van der Waals surface area contributed by atoms with Gasteiger partial charge in [0.05, 0.1) is 10.6 Å². The zero-order chi connectivity index (χ0) is 18.3. The van der Waals surface area contributed by atoms with Crippen molar-refractivity contribution in [2.24, 2.45) is 0 Å². The Morgan fingerprint density at radius 3 is 2.77 bits per heavy atom. The predicted octanol–water partition coefficient (Wildman–Crippen LogP) is 2.57. The summed E-state index contributed by atoms with van der Waals surface area (Å²) >= 11 is 0. The summed E-state index contributed by atoms with van der Waals surface area (Å²) < 4.78 is 25.5. The molecule has 0 aliphatic carbocycles. The lowest BCUT2D eigenvalue weighted by molar-refractivity contribution is 0.602.